The van der Waals surface area contributed by atoms with Gasteiger partial charge in [0.25, 0.3) is 0 Å². The first-order valence-electron chi connectivity index (χ1n) is 7.59. The number of aromatic nitrogens is 3. The predicted octanol–water partition coefficient (Wildman–Crippen LogP) is 2.56. The third-order valence-electron chi connectivity index (χ3n) is 4.11. The number of hydrogen-bond acceptors (Lipinski definition) is 3. The lowest BCUT2D eigenvalue weighted by Gasteiger charge is -2.24. The van der Waals surface area contributed by atoms with Crippen molar-refractivity contribution in [2.75, 3.05) is 6.54 Å². The Kier molecular flexibility index (Phi) is 4.73. The molecule has 0 unspecified atom stereocenters. The van der Waals surface area contributed by atoms with Gasteiger partial charge in [-0.2, -0.15) is 5.10 Å². The second-order valence-corrected chi connectivity index (χ2v) is 6.07. The van der Waals surface area contributed by atoms with E-state index in [1.165, 1.54) is 5.56 Å². The van der Waals surface area contributed by atoms with E-state index < -0.39 is 0 Å². The Balaban J connectivity index is 1.56. The van der Waals surface area contributed by atoms with Gasteiger partial charge in [-0.1, -0.05) is 11.6 Å². The first-order valence-corrected chi connectivity index (χ1v) is 7.96. The summed E-state index contributed by atoms with van der Waals surface area (Å²) >= 11 is 5.84. The molecule has 1 fully saturated rings. The van der Waals surface area contributed by atoms with Crippen LogP contribution in [0, 0.1) is 0 Å². The highest BCUT2D eigenvalue weighted by Crippen LogP contribution is 2.22. The highest BCUT2D eigenvalue weighted by atomic mass is 35.5. The molecule has 0 aromatic carbocycles. The molecule has 116 valence electrons. The van der Waals surface area contributed by atoms with Crippen LogP contribution >= 0.6 is 11.6 Å². The lowest BCUT2D eigenvalue weighted by molar-refractivity contribution is -0.132. The maximum Gasteiger partial charge on any atom is 0.244 e. The van der Waals surface area contributed by atoms with Crippen molar-refractivity contribution in [1.82, 2.24) is 19.7 Å². The van der Waals surface area contributed by atoms with Gasteiger partial charge in [0.1, 0.15) is 6.54 Å². The summed E-state index contributed by atoms with van der Waals surface area (Å²) in [6, 6.07) is 4.39. The molecule has 22 heavy (non-hydrogen) atoms. The van der Waals surface area contributed by atoms with E-state index in [0.29, 0.717) is 11.1 Å². The van der Waals surface area contributed by atoms with E-state index in [4.69, 9.17) is 11.6 Å². The number of halogens is 1. The van der Waals surface area contributed by atoms with Crippen molar-refractivity contribution in [1.29, 1.82) is 0 Å². The third kappa shape index (κ3) is 3.65. The van der Waals surface area contributed by atoms with Crippen molar-refractivity contribution in [2.45, 2.75) is 38.3 Å². The monoisotopic (exact) mass is 318 g/mol. The van der Waals surface area contributed by atoms with Gasteiger partial charge in [-0.15, -0.1) is 0 Å². The highest BCUT2D eigenvalue weighted by Gasteiger charge is 2.28. The minimum Gasteiger partial charge on any atom is -0.338 e. The summed E-state index contributed by atoms with van der Waals surface area (Å²) in [4.78, 5) is 18.5. The van der Waals surface area contributed by atoms with Gasteiger partial charge < -0.3 is 4.90 Å². The van der Waals surface area contributed by atoms with Crippen molar-refractivity contribution in [3.05, 3.63) is 47.5 Å². The average molecular weight is 319 g/mol. The highest BCUT2D eigenvalue weighted by molar-refractivity contribution is 6.30. The average Bonchev–Trinajstić information content (AvgIpc) is 3.15. The lowest BCUT2D eigenvalue weighted by Crippen LogP contribution is -2.38. The van der Waals surface area contributed by atoms with Gasteiger partial charge in [-0.25, -0.2) is 0 Å². The maximum atomic E-state index is 12.5. The molecule has 0 saturated carbocycles. The summed E-state index contributed by atoms with van der Waals surface area (Å²) < 4.78 is 1.60. The molecular formula is C16H19ClN4O. The number of amides is 1. The number of pyridine rings is 1. The number of rotatable bonds is 5. The fraction of sp³-hybridized carbons (Fsp3) is 0.438. The van der Waals surface area contributed by atoms with Crippen LogP contribution in [-0.4, -0.2) is 38.2 Å². The van der Waals surface area contributed by atoms with Gasteiger partial charge in [0.2, 0.25) is 5.91 Å². The third-order valence-corrected chi connectivity index (χ3v) is 4.31. The Labute approximate surface area is 134 Å². The van der Waals surface area contributed by atoms with Crippen LogP contribution in [-0.2, 0) is 17.8 Å². The molecule has 0 bridgehead atoms. The van der Waals surface area contributed by atoms with Crippen LogP contribution in [0.5, 0.6) is 0 Å². The Bertz CT molecular complexity index is 628. The first kappa shape index (κ1) is 15.0. The molecule has 3 rings (SSSR count). The van der Waals surface area contributed by atoms with Crippen LogP contribution in [0.1, 0.15) is 24.8 Å². The molecule has 6 heteroatoms. The van der Waals surface area contributed by atoms with Crippen molar-refractivity contribution in [3.63, 3.8) is 0 Å². The van der Waals surface area contributed by atoms with Crippen molar-refractivity contribution in [2.24, 2.45) is 0 Å². The van der Waals surface area contributed by atoms with Crippen LogP contribution in [0.3, 0.4) is 0 Å². The number of carbonyl (C=O) groups is 1. The minimum atomic E-state index is 0.122. The van der Waals surface area contributed by atoms with Crippen LogP contribution in [0.25, 0.3) is 0 Å². The maximum absolute atomic E-state index is 12.5. The molecule has 1 amide bonds. The van der Waals surface area contributed by atoms with Crippen molar-refractivity contribution < 1.29 is 4.79 Å². The van der Waals surface area contributed by atoms with Crippen molar-refractivity contribution >= 4 is 17.5 Å². The van der Waals surface area contributed by atoms with Crippen LogP contribution in [0.15, 0.2) is 36.9 Å². The summed E-state index contributed by atoms with van der Waals surface area (Å²) in [5.74, 6) is 0.122. The Morgan fingerprint density at radius 1 is 1.36 bits per heavy atom. The molecule has 3 heterocycles. The molecule has 1 aliphatic rings. The van der Waals surface area contributed by atoms with E-state index in [1.54, 1.807) is 17.1 Å². The van der Waals surface area contributed by atoms with E-state index >= 15 is 0 Å². The summed E-state index contributed by atoms with van der Waals surface area (Å²) in [5.41, 5.74) is 1.27. The number of aryl methyl sites for hydroxylation is 1. The Morgan fingerprint density at radius 2 is 2.18 bits per heavy atom. The number of nitrogens with zero attached hydrogens (tertiary/aromatic N) is 4. The smallest absolute Gasteiger partial charge is 0.244 e. The topological polar surface area (TPSA) is 51.0 Å². The van der Waals surface area contributed by atoms with E-state index in [9.17, 15) is 4.79 Å². The van der Waals surface area contributed by atoms with Gasteiger partial charge in [0.05, 0.1) is 11.2 Å². The van der Waals surface area contributed by atoms with Gasteiger partial charge in [0, 0.05) is 31.2 Å². The summed E-state index contributed by atoms with van der Waals surface area (Å²) in [5, 5.41) is 4.63. The van der Waals surface area contributed by atoms with Gasteiger partial charge >= 0.3 is 0 Å². The fourth-order valence-corrected chi connectivity index (χ4v) is 3.16. The molecule has 2 aromatic rings. The van der Waals surface area contributed by atoms with Crippen LogP contribution in [0.4, 0.5) is 0 Å². The van der Waals surface area contributed by atoms with Gasteiger partial charge in [-0.3, -0.25) is 14.5 Å². The van der Waals surface area contributed by atoms with Gasteiger partial charge in [-0.05, 0) is 43.4 Å². The first-order chi connectivity index (χ1) is 10.7. The van der Waals surface area contributed by atoms with E-state index in [2.05, 4.69) is 10.1 Å². The molecule has 0 spiro atoms. The van der Waals surface area contributed by atoms with Crippen LogP contribution < -0.4 is 0 Å². The summed E-state index contributed by atoms with van der Waals surface area (Å²) in [7, 11) is 0. The molecule has 1 saturated heterocycles. The number of carbonyl (C=O) groups excluding carboxylic acids is 1. The zero-order chi connectivity index (χ0) is 15.4. The Hall–Kier alpha value is -1.88. The van der Waals surface area contributed by atoms with E-state index in [0.717, 1.165) is 32.2 Å². The molecule has 1 aliphatic heterocycles. The van der Waals surface area contributed by atoms with Gasteiger partial charge in [0.15, 0.2) is 0 Å². The molecule has 0 radical (unpaired) electrons. The quantitative estimate of drug-likeness (QED) is 0.851. The SMILES string of the molecule is O=C(Cn1cc(Cl)cn1)N1CCC[C@H]1CCc1ccncc1. The molecule has 1 atom stereocenters. The zero-order valence-electron chi connectivity index (χ0n) is 12.4. The normalized spacial score (nSPS) is 17.9. The summed E-state index contributed by atoms with van der Waals surface area (Å²) in [6.07, 6.45) is 11.0. The molecule has 2 aromatic heterocycles. The predicted molar refractivity (Wildman–Crippen MR) is 84.5 cm³/mol. The summed E-state index contributed by atoms with van der Waals surface area (Å²) in [6.45, 7) is 1.10. The van der Waals surface area contributed by atoms with Crippen LogP contribution in [0.2, 0.25) is 5.02 Å². The minimum absolute atomic E-state index is 0.122. The zero-order valence-corrected chi connectivity index (χ0v) is 13.1. The molecular weight excluding hydrogens is 300 g/mol. The standard InChI is InChI=1S/C16H19ClN4O/c17-14-10-19-20(11-14)12-16(22)21-9-1-2-15(21)4-3-13-5-7-18-8-6-13/h5-8,10-11,15H,1-4,9,12H2/t15-/m0/s1. The Morgan fingerprint density at radius 3 is 2.91 bits per heavy atom. The number of likely N-dealkylation sites (tertiary alicyclic amines) is 1. The fourth-order valence-electron chi connectivity index (χ4n) is 3.00. The lowest BCUT2D eigenvalue weighted by atomic mass is 10.0. The second-order valence-electron chi connectivity index (χ2n) is 5.63. The van der Waals surface area contributed by atoms with Crippen molar-refractivity contribution in [3.8, 4) is 0 Å². The molecule has 0 aliphatic carbocycles. The molecule has 5 nitrogen and oxygen atoms in total. The number of hydrogen-bond donors (Lipinski definition) is 0. The second kappa shape index (κ2) is 6.92. The van der Waals surface area contributed by atoms with E-state index in [-0.39, 0.29) is 12.5 Å². The largest absolute Gasteiger partial charge is 0.338 e. The molecule has 0 N–H and O–H groups in total. The van der Waals surface area contributed by atoms with E-state index in [1.807, 2.05) is 29.4 Å².